The normalized spacial score (nSPS) is 23.9. The van der Waals surface area contributed by atoms with Crippen molar-refractivity contribution in [2.45, 2.75) is 31.8 Å². The molecule has 1 saturated carbocycles. The van der Waals surface area contributed by atoms with E-state index < -0.39 is 5.91 Å². The Balaban J connectivity index is 1.23. The second kappa shape index (κ2) is 9.09. The molecule has 1 aliphatic carbocycles. The van der Waals surface area contributed by atoms with Gasteiger partial charge in [-0.1, -0.05) is 0 Å². The van der Waals surface area contributed by atoms with E-state index in [0.717, 1.165) is 25.6 Å². The van der Waals surface area contributed by atoms with Crippen molar-refractivity contribution in [3.8, 4) is 0 Å². The Morgan fingerprint density at radius 3 is 2.69 bits per heavy atom. The highest BCUT2D eigenvalue weighted by molar-refractivity contribution is 5.93. The van der Waals surface area contributed by atoms with Crippen LogP contribution in [0.3, 0.4) is 0 Å². The number of primary amides is 1. The monoisotopic (exact) mass is 401 g/mol. The number of anilines is 1. The van der Waals surface area contributed by atoms with Crippen LogP contribution in [0, 0.1) is 11.8 Å². The number of nitrogens with one attached hydrogen (secondary N) is 1. The maximum atomic E-state index is 12.3. The van der Waals surface area contributed by atoms with Gasteiger partial charge in [0.05, 0.1) is 6.10 Å². The quantitative estimate of drug-likeness (QED) is 0.672. The van der Waals surface area contributed by atoms with Crippen LogP contribution in [0.25, 0.3) is 0 Å². The van der Waals surface area contributed by atoms with Crippen molar-refractivity contribution in [2.75, 3.05) is 51.2 Å². The standard InChI is InChI=1S/C21H31N5O3/c22-21(28)17-3-6-23-19(9-17)24-10-18-13-26(20(27)14-29-18)12-16-4-7-25(8-5-16)11-15-1-2-15/h3,6,9,15-16,18H,1-2,4-5,7-8,10-14H2,(H2,22,28)(H,23,24). The zero-order chi connectivity index (χ0) is 20.2. The second-order valence-electron chi connectivity index (χ2n) is 8.59. The molecule has 0 aromatic carbocycles. The van der Waals surface area contributed by atoms with Gasteiger partial charge in [-0.3, -0.25) is 9.59 Å². The number of hydrogen-bond acceptors (Lipinski definition) is 6. The molecule has 3 fully saturated rings. The predicted octanol–water partition coefficient (Wildman–Crippen LogP) is 0.942. The molecule has 3 heterocycles. The Labute approximate surface area is 171 Å². The number of nitrogens with zero attached hydrogens (tertiary/aromatic N) is 3. The molecule has 1 unspecified atom stereocenters. The summed E-state index contributed by atoms with van der Waals surface area (Å²) in [6.07, 6.45) is 6.60. The van der Waals surface area contributed by atoms with Crippen LogP contribution in [0.5, 0.6) is 0 Å². The maximum Gasteiger partial charge on any atom is 0.248 e. The molecule has 3 N–H and O–H groups in total. The molecule has 1 aromatic heterocycles. The summed E-state index contributed by atoms with van der Waals surface area (Å²) in [6, 6.07) is 3.21. The van der Waals surface area contributed by atoms with Crippen molar-refractivity contribution < 1.29 is 14.3 Å². The molecule has 2 amide bonds. The summed E-state index contributed by atoms with van der Waals surface area (Å²) in [5.41, 5.74) is 5.73. The lowest BCUT2D eigenvalue weighted by atomic mass is 9.95. The summed E-state index contributed by atoms with van der Waals surface area (Å²) in [7, 11) is 0. The van der Waals surface area contributed by atoms with Crippen LogP contribution in [-0.2, 0) is 9.53 Å². The Morgan fingerprint density at radius 2 is 1.97 bits per heavy atom. The lowest BCUT2D eigenvalue weighted by molar-refractivity contribution is -0.149. The number of morpholine rings is 1. The first-order valence-corrected chi connectivity index (χ1v) is 10.7. The van der Waals surface area contributed by atoms with Crippen molar-refractivity contribution in [2.24, 2.45) is 17.6 Å². The van der Waals surface area contributed by atoms with E-state index in [-0.39, 0.29) is 18.6 Å². The smallest absolute Gasteiger partial charge is 0.248 e. The zero-order valence-corrected chi connectivity index (χ0v) is 16.9. The average Bonchev–Trinajstić information content (AvgIpc) is 3.54. The molecule has 4 rings (SSSR count). The van der Waals surface area contributed by atoms with Crippen LogP contribution in [0.1, 0.15) is 36.0 Å². The summed E-state index contributed by atoms with van der Waals surface area (Å²) in [5.74, 6) is 1.70. The fourth-order valence-corrected chi connectivity index (χ4v) is 4.21. The summed E-state index contributed by atoms with van der Waals surface area (Å²) in [6.45, 7) is 5.65. The van der Waals surface area contributed by atoms with E-state index in [0.29, 0.717) is 30.4 Å². The zero-order valence-electron chi connectivity index (χ0n) is 16.9. The molecule has 3 aliphatic rings. The molecule has 1 aromatic rings. The number of amides is 2. The van der Waals surface area contributed by atoms with Crippen LogP contribution >= 0.6 is 0 Å². The van der Waals surface area contributed by atoms with Gasteiger partial charge in [0.1, 0.15) is 12.4 Å². The van der Waals surface area contributed by atoms with Crippen LogP contribution < -0.4 is 11.1 Å². The van der Waals surface area contributed by atoms with Gasteiger partial charge in [-0.05, 0) is 62.7 Å². The molecule has 2 saturated heterocycles. The van der Waals surface area contributed by atoms with Gasteiger partial charge in [0.2, 0.25) is 11.8 Å². The van der Waals surface area contributed by atoms with Crippen LogP contribution in [-0.4, -0.2) is 78.6 Å². The number of aromatic nitrogens is 1. The first kappa shape index (κ1) is 20.1. The Bertz CT molecular complexity index is 731. The SMILES string of the molecule is NC(=O)c1ccnc(NCC2CN(CC3CCN(CC4CC4)CC3)C(=O)CO2)c1. The first-order chi connectivity index (χ1) is 14.1. The minimum Gasteiger partial charge on any atom is -0.367 e. The largest absolute Gasteiger partial charge is 0.367 e. The lowest BCUT2D eigenvalue weighted by Crippen LogP contribution is -2.51. The van der Waals surface area contributed by atoms with Crippen LogP contribution in [0.4, 0.5) is 5.82 Å². The molecule has 29 heavy (non-hydrogen) atoms. The second-order valence-corrected chi connectivity index (χ2v) is 8.59. The van der Waals surface area contributed by atoms with Crippen molar-refractivity contribution in [3.63, 3.8) is 0 Å². The van der Waals surface area contributed by atoms with Crippen molar-refractivity contribution in [3.05, 3.63) is 23.9 Å². The van der Waals surface area contributed by atoms with Gasteiger partial charge in [-0.15, -0.1) is 0 Å². The van der Waals surface area contributed by atoms with E-state index in [1.54, 1.807) is 18.3 Å². The molecule has 0 spiro atoms. The van der Waals surface area contributed by atoms with Crippen molar-refractivity contribution in [1.82, 2.24) is 14.8 Å². The molecule has 1 atom stereocenters. The van der Waals surface area contributed by atoms with Gasteiger partial charge in [0.25, 0.3) is 0 Å². The summed E-state index contributed by atoms with van der Waals surface area (Å²) in [5, 5.41) is 3.19. The molecule has 0 radical (unpaired) electrons. The number of ether oxygens (including phenoxy) is 1. The highest BCUT2D eigenvalue weighted by Crippen LogP contribution is 2.31. The molecular weight excluding hydrogens is 370 g/mol. The first-order valence-electron chi connectivity index (χ1n) is 10.7. The van der Waals surface area contributed by atoms with Gasteiger partial charge in [-0.25, -0.2) is 4.98 Å². The number of carbonyl (C=O) groups is 2. The van der Waals surface area contributed by atoms with E-state index >= 15 is 0 Å². The Morgan fingerprint density at radius 1 is 1.21 bits per heavy atom. The fraction of sp³-hybridized carbons (Fsp3) is 0.667. The predicted molar refractivity (Wildman–Crippen MR) is 109 cm³/mol. The van der Waals surface area contributed by atoms with E-state index in [2.05, 4.69) is 15.2 Å². The van der Waals surface area contributed by atoms with Gasteiger partial charge in [-0.2, -0.15) is 0 Å². The van der Waals surface area contributed by atoms with Crippen molar-refractivity contribution in [1.29, 1.82) is 0 Å². The van der Waals surface area contributed by atoms with Crippen molar-refractivity contribution >= 4 is 17.6 Å². The average molecular weight is 402 g/mol. The summed E-state index contributed by atoms with van der Waals surface area (Å²) >= 11 is 0. The lowest BCUT2D eigenvalue weighted by Gasteiger charge is -2.38. The number of carbonyl (C=O) groups excluding carboxylic acids is 2. The van der Waals surface area contributed by atoms with Gasteiger partial charge in [0.15, 0.2) is 0 Å². The third-order valence-corrected chi connectivity index (χ3v) is 6.17. The number of pyridine rings is 1. The number of likely N-dealkylation sites (tertiary alicyclic amines) is 1. The molecule has 8 heteroatoms. The number of rotatable bonds is 8. The third kappa shape index (κ3) is 5.67. The molecule has 0 bridgehead atoms. The number of piperidine rings is 1. The minimum absolute atomic E-state index is 0.0792. The third-order valence-electron chi connectivity index (χ3n) is 6.17. The van der Waals surface area contributed by atoms with Gasteiger partial charge >= 0.3 is 0 Å². The Hall–Kier alpha value is -2.19. The topological polar surface area (TPSA) is 101 Å². The summed E-state index contributed by atoms with van der Waals surface area (Å²) in [4.78, 5) is 32.4. The van der Waals surface area contributed by atoms with Crippen LogP contribution in [0.15, 0.2) is 18.3 Å². The molecule has 2 aliphatic heterocycles. The minimum atomic E-state index is -0.482. The highest BCUT2D eigenvalue weighted by atomic mass is 16.5. The molecule has 158 valence electrons. The number of hydrogen-bond donors (Lipinski definition) is 2. The van der Waals surface area contributed by atoms with Gasteiger partial charge in [0, 0.05) is 37.9 Å². The Kier molecular flexibility index (Phi) is 6.30. The van der Waals surface area contributed by atoms with E-state index in [1.165, 1.54) is 32.2 Å². The number of nitrogens with two attached hydrogens (primary N) is 1. The van der Waals surface area contributed by atoms with Gasteiger partial charge < -0.3 is 25.6 Å². The van der Waals surface area contributed by atoms with E-state index in [4.69, 9.17) is 10.5 Å². The maximum absolute atomic E-state index is 12.3. The fourth-order valence-electron chi connectivity index (χ4n) is 4.21. The van der Waals surface area contributed by atoms with E-state index in [1.807, 2.05) is 4.90 Å². The van der Waals surface area contributed by atoms with E-state index in [9.17, 15) is 9.59 Å². The summed E-state index contributed by atoms with van der Waals surface area (Å²) < 4.78 is 5.70. The molecular formula is C21H31N5O3. The van der Waals surface area contributed by atoms with Crippen LogP contribution in [0.2, 0.25) is 0 Å². The molecule has 8 nitrogen and oxygen atoms in total. The highest BCUT2D eigenvalue weighted by Gasteiger charge is 2.31.